The molecule has 1 aromatic heterocycles. The molecule has 0 unspecified atom stereocenters. The summed E-state index contributed by atoms with van der Waals surface area (Å²) in [5.74, 6) is 0.0662. The van der Waals surface area contributed by atoms with Crippen LogP contribution < -0.4 is 20.3 Å². The molecule has 33 heavy (non-hydrogen) atoms. The van der Waals surface area contributed by atoms with Crippen molar-refractivity contribution in [3.63, 3.8) is 0 Å². The van der Waals surface area contributed by atoms with Crippen molar-refractivity contribution in [2.24, 2.45) is 0 Å². The normalized spacial score (nSPS) is 10.9. The number of hydrogen-bond acceptors (Lipinski definition) is 5. The Morgan fingerprint density at radius 2 is 1.85 bits per heavy atom. The minimum atomic E-state index is -3.01. The number of alkyl halides is 2. The number of halogens is 2. The maximum Gasteiger partial charge on any atom is 0.387 e. The van der Waals surface area contributed by atoms with Gasteiger partial charge in [-0.05, 0) is 42.0 Å². The molecule has 0 bridgehead atoms. The highest BCUT2D eigenvalue weighted by molar-refractivity contribution is 5.92. The van der Waals surface area contributed by atoms with E-state index in [1.807, 2.05) is 0 Å². The van der Waals surface area contributed by atoms with E-state index >= 15 is 0 Å². The van der Waals surface area contributed by atoms with Crippen LogP contribution in [-0.4, -0.2) is 29.4 Å². The Labute approximate surface area is 187 Å². The summed E-state index contributed by atoms with van der Waals surface area (Å²) in [5.41, 5.74) is 0.913. The Balaban J connectivity index is 1.59. The highest BCUT2D eigenvalue weighted by atomic mass is 19.3. The summed E-state index contributed by atoms with van der Waals surface area (Å²) >= 11 is 0. The maximum atomic E-state index is 12.9. The SMILES string of the molecule is COc1ccc(-c2cc(NC(=O)Cn3ncc4ccccc4c3=O)ccc2OC(F)F)cc1. The summed E-state index contributed by atoms with van der Waals surface area (Å²) in [5, 5.41) is 7.85. The summed E-state index contributed by atoms with van der Waals surface area (Å²) in [6.45, 7) is -3.31. The topological polar surface area (TPSA) is 82.5 Å². The molecule has 1 heterocycles. The fourth-order valence-electron chi connectivity index (χ4n) is 3.38. The minimum absolute atomic E-state index is 0.0411. The molecule has 168 valence electrons. The zero-order valence-corrected chi connectivity index (χ0v) is 17.5. The number of hydrogen-bond donors (Lipinski definition) is 1. The van der Waals surface area contributed by atoms with Gasteiger partial charge < -0.3 is 14.8 Å². The molecule has 1 amide bonds. The first-order valence-electron chi connectivity index (χ1n) is 9.92. The van der Waals surface area contributed by atoms with Gasteiger partial charge in [0, 0.05) is 16.6 Å². The Hall–Kier alpha value is -4.27. The highest BCUT2D eigenvalue weighted by Crippen LogP contribution is 2.34. The summed E-state index contributed by atoms with van der Waals surface area (Å²) in [4.78, 5) is 25.2. The molecule has 3 aromatic carbocycles. The van der Waals surface area contributed by atoms with E-state index in [1.165, 1.54) is 31.5 Å². The number of amides is 1. The van der Waals surface area contributed by atoms with Gasteiger partial charge >= 0.3 is 6.61 Å². The molecule has 0 aliphatic carbocycles. The van der Waals surface area contributed by atoms with E-state index in [9.17, 15) is 18.4 Å². The van der Waals surface area contributed by atoms with Gasteiger partial charge in [0.15, 0.2) is 0 Å². The first-order valence-corrected chi connectivity index (χ1v) is 9.92. The Bertz CT molecular complexity index is 1350. The van der Waals surface area contributed by atoms with E-state index in [-0.39, 0.29) is 17.9 Å². The molecular formula is C24H19F2N3O4. The van der Waals surface area contributed by atoms with E-state index in [1.54, 1.807) is 48.5 Å². The lowest BCUT2D eigenvalue weighted by molar-refractivity contribution is -0.117. The van der Waals surface area contributed by atoms with E-state index in [4.69, 9.17) is 4.74 Å². The zero-order valence-electron chi connectivity index (χ0n) is 17.5. The first kappa shape index (κ1) is 21.9. The first-order chi connectivity index (χ1) is 15.9. The van der Waals surface area contributed by atoms with Crippen molar-refractivity contribution in [1.29, 1.82) is 0 Å². The second-order valence-corrected chi connectivity index (χ2v) is 7.06. The van der Waals surface area contributed by atoms with Crippen LogP contribution in [0.5, 0.6) is 11.5 Å². The maximum absolute atomic E-state index is 12.9. The van der Waals surface area contributed by atoms with Crippen LogP contribution in [0.4, 0.5) is 14.5 Å². The van der Waals surface area contributed by atoms with Crippen molar-refractivity contribution in [3.8, 4) is 22.6 Å². The van der Waals surface area contributed by atoms with Crippen molar-refractivity contribution in [2.75, 3.05) is 12.4 Å². The second kappa shape index (κ2) is 9.47. The van der Waals surface area contributed by atoms with Gasteiger partial charge in [0.2, 0.25) is 5.91 Å². The second-order valence-electron chi connectivity index (χ2n) is 7.06. The number of ether oxygens (including phenoxy) is 2. The summed E-state index contributed by atoms with van der Waals surface area (Å²) in [6.07, 6.45) is 1.52. The number of nitrogens with zero attached hydrogens (tertiary/aromatic N) is 2. The number of benzene rings is 3. The monoisotopic (exact) mass is 451 g/mol. The predicted octanol–water partition coefficient (Wildman–Crippen LogP) is 4.31. The molecule has 0 spiro atoms. The predicted molar refractivity (Wildman–Crippen MR) is 120 cm³/mol. The van der Waals surface area contributed by atoms with Crippen LogP contribution in [0.3, 0.4) is 0 Å². The number of carbonyl (C=O) groups is 1. The van der Waals surface area contributed by atoms with Crippen LogP contribution in [0.1, 0.15) is 0 Å². The van der Waals surface area contributed by atoms with Crippen molar-refractivity contribution in [3.05, 3.63) is 83.3 Å². The number of nitrogens with one attached hydrogen (secondary N) is 1. The van der Waals surface area contributed by atoms with Gasteiger partial charge in [0.25, 0.3) is 5.56 Å². The van der Waals surface area contributed by atoms with Crippen LogP contribution in [0.15, 0.2) is 77.7 Å². The molecule has 0 aliphatic rings. The largest absolute Gasteiger partial charge is 0.497 e. The van der Waals surface area contributed by atoms with Gasteiger partial charge in [-0.15, -0.1) is 0 Å². The molecule has 1 N–H and O–H groups in total. The van der Waals surface area contributed by atoms with E-state index in [2.05, 4.69) is 15.2 Å². The van der Waals surface area contributed by atoms with Crippen molar-refractivity contribution >= 4 is 22.4 Å². The molecule has 0 saturated heterocycles. The Morgan fingerprint density at radius 1 is 1.09 bits per heavy atom. The van der Waals surface area contributed by atoms with E-state index in [0.29, 0.717) is 33.3 Å². The Morgan fingerprint density at radius 3 is 2.58 bits per heavy atom. The zero-order chi connectivity index (χ0) is 23.4. The third-order valence-electron chi connectivity index (χ3n) is 4.94. The lowest BCUT2D eigenvalue weighted by atomic mass is 10.0. The van der Waals surface area contributed by atoms with Gasteiger partial charge in [0.05, 0.1) is 18.7 Å². The van der Waals surface area contributed by atoms with Crippen LogP contribution in [0.2, 0.25) is 0 Å². The smallest absolute Gasteiger partial charge is 0.387 e. The fourth-order valence-corrected chi connectivity index (χ4v) is 3.38. The summed E-state index contributed by atoms with van der Waals surface area (Å²) in [7, 11) is 1.52. The standard InChI is InChI=1S/C24H19F2N3O4/c1-32-18-9-6-15(7-10-18)20-12-17(8-11-21(20)33-24(25)26)28-22(30)14-29-23(31)19-5-3-2-4-16(19)13-27-29/h2-13,24H,14H2,1H3,(H,28,30). The molecule has 0 atom stereocenters. The lowest BCUT2D eigenvalue weighted by Crippen LogP contribution is -2.29. The van der Waals surface area contributed by atoms with Gasteiger partial charge in [-0.1, -0.05) is 30.3 Å². The number of fused-ring (bicyclic) bond motifs is 1. The Kier molecular flexibility index (Phi) is 6.30. The number of carbonyl (C=O) groups excluding carboxylic acids is 1. The fraction of sp³-hybridized carbons (Fsp3) is 0.125. The molecule has 0 fully saturated rings. The molecule has 4 rings (SSSR count). The molecule has 9 heteroatoms. The van der Waals surface area contributed by atoms with Crippen LogP contribution >= 0.6 is 0 Å². The van der Waals surface area contributed by atoms with Gasteiger partial charge in [-0.2, -0.15) is 13.9 Å². The number of rotatable bonds is 7. The molecular weight excluding hydrogens is 432 g/mol. The highest BCUT2D eigenvalue weighted by Gasteiger charge is 2.14. The average Bonchev–Trinajstić information content (AvgIpc) is 2.82. The molecule has 0 radical (unpaired) electrons. The van der Waals surface area contributed by atoms with Crippen molar-refractivity contribution < 1.29 is 23.0 Å². The van der Waals surface area contributed by atoms with Crippen LogP contribution in [-0.2, 0) is 11.3 Å². The third kappa shape index (κ3) is 4.98. The third-order valence-corrected chi connectivity index (χ3v) is 4.94. The number of anilines is 1. The molecule has 4 aromatic rings. The van der Waals surface area contributed by atoms with Crippen LogP contribution in [0, 0.1) is 0 Å². The number of aromatic nitrogens is 2. The minimum Gasteiger partial charge on any atom is -0.497 e. The molecule has 0 aliphatic heterocycles. The van der Waals surface area contributed by atoms with Crippen LogP contribution in [0.25, 0.3) is 21.9 Å². The lowest BCUT2D eigenvalue weighted by Gasteiger charge is -2.14. The average molecular weight is 451 g/mol. The molecule has 0 saturated carbocycles. The van der Waals surface area contributed by atoms with Gasteiger partial charge in [-0.3, -0.25) is 9.59 Å². The van der Waals surface area contributed by atoms with E-state index in [0.717, 1.165) is 4.68 Å². The quantitative estimate of drug-likeness (QED) is 0.453. The van der Waals surface area contributed by atoms with Crippen molar-refractivity contribution in [1.82, 2.24) is 9.78 Å². The summed E-state index contributed by atoms with van der Waals surface area (Å²) < 4.78 is 36.6. The van der Waals surface area contributed by atoms with Crippen molar-refractivity contribution in [2.45, 2.75) is 13.2 Å². The molecule has 7 nitrogen and oxygen atoms in total. The van der Waals surface area contributed by atoms with E-state index < -0.39 is 12.5 Å². The summed E-state index contributed by atoms with van der Waals surface area (Å²) in [6, 6.07) is 18.0. The number of methoxy groups -OCH3 is 1. The van der Waals surface area contributed by atoms with Gasteiger partial charge in [0.1, 0.15) is 18.0 Å². The van der Waals surface area contributed by atoms with Gasteiger partial charge in [-0.25, -0.2) is 4.68 Å².